The number of morpholine rings is 1. The summed E-state index contributed by atoms with van der Waals surface area (Å²) >= 11 is 6.02. The Morgan fingerprint density at radius 3 is 2.76 bits per heavy atom. The number of halogens is 1. The maximum Gasteiger partial charge on any atom is 0.243 e. The number of hydrogen-bond acceptors (Lipinski definition) is 4. The minimum absolute atomic E-state index is 0.133. The molecule has 0 aromatic heterocycles. The minimum atomic E-state index is -3.67. The number of rotatable bonds is 3. The van der Waals surface area contributed by atoms with Crippen LogP contribution >= 0.6 is 11.6 Å². The SMILES string of the molecule is Cc1c(Cl)cccc1S(=O)(=O)N1CC(CO)OC(C)(C)C1. The van der Waals surface area contributed by atoms with E-state index in [0.29, 0.717) is 10.6 Å². The Kier molecular flexibility index (Phi) is 4.66. The largest absolute Gasteiger partial charge is 0.394 e. The molecule has 7 heteroatoms. The van der Waals surface area contributed by atoms with Gasteiger partial charge in [-0.3, -0.25) is 0 Å². The van der Waals surface area contributed by atoms with Crippen molar-refractivity contribution in [3.8, 4) is 0 Å². The van der Waals surface area contributed by atoms with Crippen LogP contribution in [0.25, 0.3) is 0 Å². The van der Waals surface area contributed by atoms with Gasteiger partial charge in [-0.15, -0.1) is 0 Å². The van der Waals surface area contributed by atoms with Crippen molar-refractivity contribution in [1.82, 2.24) is 4.31 Å². The first-order chi connectivity index (χ1) is 9.67. The lowest BCUT2D eigenvalue weighted by molar-refractivity contribution is -0.131. The van der Waals surface area contributed by atoms with E-state index in [-0.39, 0.29) is 24.6 Å². The standard InChI is InChI=1S/C14H20ClNO4S/c1-10-12(15)5-4-6-13(10)21(18,19)16-7-11(8-17)20-14(2,3)9-16/h4-6,11,17H,7-9H2,1-3H3. The van der Waals surface area contributed by atoms with Crippen molar-refractivity contribution >= 4 is 21.6 Å². The van der Waals surface area contributed by atoms with Gasteiger partial charge in [0.2, 0.25) is 10.0 Å². The summed E-state index contributed by atoms with van der Waals surface area (Å²) in [6.07, 6.45) is -0.525. The second kappa shape index (κ2) is 5.85. The van der Waals surface area contributed by atoms with E-state index in [0.717, 1.165) is 0 Å². The van der Waals surface area contributed by atoms with E-state index in [4.69, 9.17) is 16.3 Å². The van der Waals surface area contributed by atoms with Gasteiger partial charge in [0.15, 0.2) is 0 Å². The molecule has 0 aliphatic carbocycles. The molecule has 1 N–H and O–H groups in total. The Morgan fingerprint density at radius 1 is 1.48 bits per heavy atom. The zero-order valence-electron chi connectivity index (χ0n) is 12.3. The molecular weight excluding hydrogens is 314 g/mol. The van der Waals surface area contributed by atoms with Crippen LogP contribution in [0.1, 0.15) is 19.4 Å². The summed E-state index contributed by atoms with van der Waals surface area (Å²) in [5.74, 6) is 0. The average Bonchev–Trinajstić information content (AvgIpc) is 2.39. The Hall–Kier alpha value is -0.660. The van der Waals surface area contributed by atoms with Crippen LogP contribution in [-0.2, 0) is 14.8 Å². The van der Waals surface area contributed by atoms with E-state index in [9.17, 15) is 13.5 Å². The normalized spacial score (nSPS) is 23.2. The Bertz CT molecular complexity index is 630. The molecule has 0 amide bonds. The summed E-state index contributed by atoms with van der Waals surface area (Å²) in [5.41, 5.74) is -0.116. The number of aliphatic hydroxyl groups excluding tert-OH is 1. The first kappa shape index (κ1) is 16.7. The van der Waals surface area contributed by atoms with Crippen LogP contribution in [0.15, 0.2) is 23.1 Å². The molecule has 1 aliphatic heterocycles. The van der Waals surface area contributed by atoms with Crippen LogP contribution in [0.3, 0.4) is 0 Å². The van der Waals surface area contributed by atoms with E-state index in [1.165, 1.54) is 4.31 Å². The predicted molar refractivity (Wildman–Crippen MR) is 81.0 cm³/mol. The van der Waals surface area contributed by atoms with Gasteiger partial charge in [-0.1, -0.05) is 17.7 Å². The summed E-state index contributed by atoms with van der Waals surface area (Å²) in [4.78, 5) is 0.199. The van der Waals surface area contributed by atoms with E-state index < -0.39 is 21.7 Å². The van der Waals surface area contributed by atoms with Gasteiger partial charge in [-0.05, 0) is 38.5 Å². The molecule has 1 fully saturated rings. The summed E-state index contributed by atoms with van der Waals surface area (Å²) in [6.45, 7) is 5.45. The lowest BCUT2D eigenvalue weighted by atomic mass is 10.1. The number of aliphatic hydroxyl groups is 1. The highest BCUT2D eigenvalue weighted by Crippen LogP contribution is 2.30. The highest BCUT2D eigenvalue weighted by Gasteiger charge is 2.39. The number of nitrogens with zero attached hydrogens (tertiary/aromatic N) is 1. The van der Waals surface area contributed by atoms with E-state index in [1.54, 1.807) is 25.1 Å². The molecule has 1 aromatic carbocycles. The molecule has 1 atom stereocenters. The van der Waals surface area contributed by atoms with Crippen molar-refractivity contribution in [2.24, 2.45) is 0 Å². The highest BCUT2D eigenvalue weighted by molar-refractivity contribution is 7.89. The third-order valence-corrected chi connectivity index (χ3v) is 5.86. The fourth-order valence-electron chi connectivity index (χ4n) is 2.53. The van der Waals surface area contributed by atoms with Crippen LogP contribution in [-0.4, -0.2) is 49.2 Å². The van der Waals surface area contributed by atoms with Crippen LogP contribution < -0.4 is 0 Å². The third kappa shape index (κ3) is 3.40. The first-order valence-corrected chi connectivity index (χ1v) is 8.53. The summed E-state index contributed by atoms with van der Waals surface area (Å²) in [6, 6.07) is 4.83. The first-order valence-electron chi connectivity index (χ1n) is 6.71. The molecule has 0 radical (unpaired) electrons. The Morgan fingerprint density at radius 2 is 2.14 bits per heavy atom. The average molecular weight is 334 g/mol. The highest BCUT2D eigenvalue weighted by atomic mass is 35.5. The molecule has 1 unspecified atom stereocenters. The van der Waals surface area contributed by atoms with Gasteiger partial charge in [0.05, 0.1) is 23.2 Å². The maximum absolute atomic E-state index is 12.8. The molecule has 21 heavy (non-hydrogen) atoms. The van der Waals surface area contributed by atoms with Crippen LogP contribution in [0.4, 0.5) is 0 Å². The molecule has 118 valence electrons. The van der Waals surface area contributed by atoms with Gasteiger partial charge in [-0.25, -0.2) is 8.42 Å². The smallest absolute Gasteiger partial charge is 0.243 e. The molecule has 1 aromatic rings. The zero-order valence-corrected chi connectivity index (χ0v) is 13.9. The van der Waals surface area contributed by atoms with E-state index in [1.807, 2.05) is 13.8 Å². The van der Waals surface area contributed by atoms with Crippen molar-refractivity contribution < 1.29 is 18.3 Å². The van der Waals surface area contributed by atoms with Gasteiger partial charge in [-0.2, -0.15) is 4.31 Å². The van der Waals surface area contributed by atoms with Crippen molar-refractivity contribution in [2.45, 2.75) is 37.4 Å². The molecule has 1 saturated heterocycles. The van der Waals surface area contributed by atoms with E-state index in [2.05, 4.69) is 0 Å². The topological polar surface area (TPSA) is 66.8 Å². The lowest BCUT2D eigenvalue weighted by Crippen LogP contribution is -2.55. The molecule has 2 rings (SSSR count). The van der Waals surface area contributed by atoms with Gasteiger partial charge in [0, 0.05) is 18.1 Å². The maximum atomic E-state index is 12.8. The van der Waals surface area contributed by atoms with Crippen molar-refractivity contribution in [3.05, 3.63) is 28.8 Å². The molecule has 5 nitrogen and oxygen atoms in total. The molecule has 0 saturated carbocycles. The Balaban J connectivity index is 2.41. The van der Waals surface area contributed by atoms with Gasteiger partial charge in [0.25, 0.3) is 0 Å². The Labute approximate surface area is 130 Å². The second-order valence-electron chi connectivity index (χ2n) is 5.84. The fraction of sp³-hybridized carbons (Fsp3) is 0.571. The van der Waals surface area contributed by atoms with E-state index >= 15 is 0 Å². The number of benzene rings is 1. The van der Waals surface area contributed by atoms with Gasteiger partial charge < -0.3 is 9.84 Å². The lowest BCUT2D eigenvalue weighted by Gasteiger charge is -2.41. The van der Waals surface area contributed by atoms with Gasteiger partial charge >= 0.3 is 0 Å². The van der Waals surface area contributed by atoms with Crippen LogP contribution in [0, 0.1) is 6.92 Å². The minimum Gasteiger partial charge on any atom is -0.394 e. The summed E-state index contributed by atoms with van der Waals surface area (Å²) in [5, 5.41) is 9.73. The van der Waals surface area contributed by atoms with Crippen LogP contribution in [0.2, 0.25) is 5.02 Å². The monoisotopic (exact) mass is 333 g/mol. The predicted octanol–water partition coefficient (Wildman–Crippen LogP) is 1.81. The summed E-state index contributed by atoms with van der Waals surface area (Å²) < 4.78 is 32.7. The van der Waals surface area contributed by atoms with Gasteiger partial charge in [0.1, 0.15) is 0 Å². The third-order valence-electron chi connectivity index (χ3n) is 3.49. The molecule has 1 aliphatic rings. The van der Waals surface area contributed by atoms with Crippen molar-refractivity contribution in [3.63, 3.8) is 0 Å². The molecular formula is C14H20ClNO4S. The molecule has 0 spiro atoms. The second-order valence-corrected chi connectivity index (χ2v) is 8.16. The number of sulfonamides is 1. The summed E-state index contributed by atoms with van der Waals surface area (Å²) in [7, 11) is -3.67. The number of hydrogen-bond donors (Lipinski definition) is 1. The van der Waals surface area contributed by atoms with Crippen molar-refractivity contribution in [1.29, 1.82) is 0 Å². The molecule has 1 heterocycles. The van der Waals surface area contributed by atoms with Crippen molar-refractivity contribution in [2.75, 3.05) is 19.7 Å². The quantitative estimate of drug-likeness (QED) is 0.916. The fourth-order valence-corrected chi connectivity index (χ4v) is 4.63. The van der Waals surface area contributed by atoms with Crippen LogP contribution in [0.5, 0.6) is 0 Å². The number of ether oxygens (including phenoxy) is 1. The molecule has 0 bridgehead atoms. The zero-order chi connectivity index (χ0) is 15.8.